The van der Waals surface area contributed by atoms with E-state index in [1.54, 1.807) is 18.3 Å². The van der Waals surface area contributed by atoms with Crippen LogP contribution in [0.4, 0.5) is 5.69 Å². The van der Waals surface area contributed by atoms with Gasteiger partial charge in [0.1, 0.15) is 18.4 Å². The molecule has 1 amide bonds. The van der Waals surface area contributed by atoms with Crippen LogP contribution in [0.1, 0.15) is 17.8 Å². The fraction of sp³-hybridized carbons (Fsp3) is 0.333. The Balaban J connectivity index is 1.86. The van der Waals surface area contributed by atoms with Gasteiger partial charge in [-0.3, -0.25) is 19.6 Å². The van der Waals surface area contributed by atoms with Gasteiger partial charge in [-0.15, -0.1) is 11.3 Å². The molecule has 8 heteroatoms. The van der Waals surface area contributed by atoms with Crippen LogP contribution in [0.5, 0.6) is 0 Å². The van der Waals surface area contributed by atoms with Crippen LogP contribution < -0.4 is 5.32 Å². The van der Waals surface area contributed by atoms with Crippen LogP contribution in [-0.4, -0.2) is 27.2 Å². The van der Waals surface area contributed by atoms with E-state index in [0.29, 0.717) is 6.54 Å². The Kier molecular flexibility index (Phi) is 4.46. The van der Waals surface area contributed by atoms with Gasteiger partial charge in [-0.25, -0.2) is 0 Å². The topological polar surface area (TPSA) is 90.1 Å². The third kappa shape index (κ3) is 3.41. The summed E-state index contributed by atoms with van der Waals surface area (Å²) in [6.45, 7) is 2.18. The summed E-state index contributed by atoms with van der Waals surface area (Å²) < 4.78 is 1.29. The van der Waals surface area contributed by atoms with Crippen molar-refractivity contribution < 1.29 is 9.72 Å². The fourth-order valence-electron chi connectivity index (χ4n) is 1.67. The molecule has 0 aliphatic heterocycles. The average molecular weight is 294 g/mol. The highest BCUT2D eigenvalue weighted by atomic mass is 32.1. The Bertz CT molecular complexity index is 594. The predicted molar refractivity (Wildman–Crippen MR) is 74.6 cm³/mol. The normalized spacial score (nSPS) is 12.1. The molecule has 1 atom stereocenters. The SMILES string of the molecule is CC(C(=O)NCCc1cccs1)n1cc([N+](=O)[O-])cn1. The second-order valence-electron chi connectivity index (χ2n) is 4.23. The lowest BCUT2D eigenvalue weighted by atomic mass is 10.3. The number of hydrogen-bond acceptors (Lipinski definition) is 5. The van der Waals surface area contributed by atoms with Crippen molar-refractivity contribution in [2.75, 3.05) is 6.54 Å². The van der Waals surface area contributed by atoms with Gasteiger partial charge < -0.3 is 5.32 Å². The van der Waals surface area contributed by atoms with Gasteiger partial charge in [0.25, 0.3) is 0 Å². The van der Waals surface area contributed by atoms with E-state index in [0.717, 1.165) is 12.6 Å². The lowest BCUT2D eigenvalue weighted by Crippen LogP contribution is -2.32. The number of rotatable bonds is 6. The Labute approximate surface area is 119 Å². The second-order valence-corrected chi connectivity index (χ2v) is 5.26. The summed E-state index contributed by atoms with van der Waals surface area (Å²) in [4.78, 5) is 23.1. The molecule has 0 radical (unpaired) electrons. The summed E-state index contributed by atoms with van der Waals surface area (Å²) in [7, 11) is 0. The minimum Gasteiger partial charge on any atom is -0.354 e. The lowest BCUT2D eigenvalue weighted by molar-refractivity contribution is -0.385. The van der Waals surface area contributed by atoms with Gasteiger partial charge in [0.2, 0.25) is 5.91 Å². The minimum atomic E-state index is -0.577. The van der Waals surface area contributed by atoms with Crippen LogP contribution >= 0.6 is 11.3 Å². The molecule has 20 heavy (non-hydrogen) atoms. The maximum absolute atomic E-state index is 11.9. The van der Waals surface area contributed by atoms with E-state index in [4.69, 9.17) is 0 Å². The van der Waals surface area contributed by atoms with Crippen LogP contribution in [0.15, 0.2) is 29.9 Å². The summed E-state index contributed by atoms with van der Waals surface area (Å²) in [5, 5.41) is 19.2. The molecule has 0 bridgehead atoms. The van der Waals surface area contributed by atoms with Crippen LogP contribution in [0.3, 0.4) is 0 Å². The molecular formula is C12H14N4O3S. The smallest absolute Gasteiger partial charge is 0.307 e. The van der Waals surface area contributed by atoms with Crippen molar-refractivity contribution in [2.45, 2.75) is 19.4 Å². The molecule has 1 unspecified atom stereocenters. The Hall–Kier alpha value is -2.22. The van der Waals surface area contributed by atoms with E-state index < -0.39 is 11.0 Å². The molecule has 0 fully saturated rings. The number of nitrogens with one attached hydrogen (secondary N) is 1. The first-order valence-corrected chi connectivity index (χ1v) is 6.94. The molecule has 2 heterocycles. The van der Waals surface area contributed by atoms with Crippen LogP contribution in [0.2, 0.25) is 0 Å². The number of nitrogens with zero attached hydrogens (tertiary/aromatic N) is 3. The molecule has 0 aliphatic carbocycles. The van der Waals surface area contributed by atoms with E-state index in [9.17, 15) is 14.9 Å². The third-order valence-electron chi connectivity index (χ3n) is 2.83. The highest BCUT2D eigenvalue weighted by Gasteiger charge is 2.18. The Morgan fingerprint density at radius 3 is 3.05 bits per heavy atom. The van der Waals surface area contributed by atoms with Gasteiger partial charge in [-0.05, 0) is 24.8 Å². The molecule has 2 aromatic heterocycles. The summed E-state index contributed by atoms with van der Waals surface area (Å²) in [5.74, 6) is -0.209. The maximum atomic E-state index is 11.9. The first kappa shape index (κ1) is 14.2. The Morgan fingerprint density at radius 2 is 2.45 bits per heavy atom. The van der Waals surface area contributed by atoms with Crippen LogP contribution in [0.25, 0.3) is 0 Å². The zero-order chi connectivity index (χ0) is 14.5. The van der Waals surface area contributed by atoms with E-state index in [1.165, 1.54) is 15.8 Å². The number of carbonyl (C=O) groups excluding carboxylic acids is 1. The largest absolute Gasteiger partial charge is 0.354 e. The summed E-state index contributed by atoms with van der Waals surface area (Å²) >= 11 is 1.64. The fourth-order valence-corrected chi connectivity index (χ4v) is 2.37. The first-order chi connectivity index (χ1) is 9.58. The zero-order valence-electron chi connectivity index (χ0n) is 10.9. The average Bonchev–Trinajstić information content (AvgIpc) is 3.08. The van der Waals surface area contributed by atoms with Crippen molar-refractivity contribution in [2.24, 2.45) is 0 Å². The molecular weight excluding hydrogens is 280 g/mol. The molecule has 0 aliphatic rings. The highest BCUT2D eigenvalue weighted by molar-refractivity contribution is 7.09. The molecule has 1 N–H and O–H groups in total. The van der Waals surface area contributed by atoms with E-state index in [1.807, 2.05) is 17.5 Å². The molecule has 0 saturated carbocycles. The van der Waals surface area contributed by atoms with Gasteiger partial charge in [0.15, 0.2) is 0 Å². The van der Waals surface area contributed by atoms with Crippen molar-refractivity contribution >= 4 is 22.9 Å². The molecule has 2 aromatic rings. The van der Waals surface area contributed by atoms with Crippen LogP contribution in [0, 0.1) is 10.1 Å². The van der Waals surface area contributed by atoms with E-state index in [-0.39, 0.29) is 11.6 Å². The standard InChI is InChI=1S/C12H14N4O3S/c1-9(15-8-10(7-14-15)16(18)19)12(17)13-5-4-11-3-2-6-20-11/h2-3,6-9H,4-5H2,1H3,(H,13,17). The monoisotopic (exact) mass is 294 g/mol. The number of aromatic nitrogens is 2. The number of nitro groups is 1. The van der Waals surface area contributed by atoms with E-state index >= 15 is 0 Å². The molecule has 0 saturated heterocycles. The Morgan fingerprint density at radius 1 is 1.65 bits per heavy atom. The first-order valence-electron chi connectivity index (χ1n) is 6.06. The van der Waals surface area contributed by atoms with Crippen molar-refractivity contribution in [3.63, 3.8) is 0 Å². The van der Waals surface area contributed by atoms with Gasteiger partial charge in [-0.1, -0.05) is 6.07 Å². The van der Waals surface area contributed by atoms with Gasteiger partial charge in [0.05, 0.1) is 4.92 Å². The molecule has 0 spiro atoms. The highest BCUT2D eigenvalue weighted by Crippen LogP contribution is 2.13. The van der Waals surface area contributed by atoms with Crippen molar-refractivity contribution in [3.05, 3.63) is 44.9 Å². The molecule has 106 valence electrons. The number of thiophene rings is 1. The minimum absolute atomic E-state index is 0.122. The van der Waals surface area contributed by atoms with Gasteiger partial charge in [-0.2, -0.15) is 5.10 Å². The van der Waals surface area contributed by atoms with Crippen molar-refractivity contribution in [3.8, 4) is 0 Å². The quantitative estimate of drug-likeness (QED) is 0.649. The number of amides is 1. The number of hydrogen-bond donors (Lipinski definition) is 1. The predicted octanol–water partition coefficient (Wildman–Crippen LogP) is 1.77. The van der Waals surface area contributed by atoms with Crippen molar-refractivity contribution in [1.29, 1.82) is 0 Å². The molecule has 2 rings (SSSR count). The summed E-state index contributed by atoms with van der Waals surface area (Å²) in [6.07, 6.45) is 3.16. The lowest BCUT2D eigenvalue weighted by Gasteiger charge is -2.11. The summed E-state index contributed by atoms with van der Waals surface area (Å²) in [5.41, 5.74) is -0.122. The molecule has 0 aromatic carbocycles. The van der Waals surface area contributed by atoms with Gasteiger partial charge >= 0.3 is 5.69 Å². The zero-order valence-corrected chi connectivity index (χ0v) is 11.7. The second kappa shape index (κ2) is 6.29. The maximum Gasteiger partial charge on any atom is 0.307 e. The van der Waals surface area contributed by atoms with Gasteiger partial charge in [0, 0.05) is 11.4 Å². The third-order valence-corrected chi connectivity index (χ3v) is 3.76. The number of carbonyl (C=O) groups is 1. The van der Waals surface area contributed by atoms with E-state index in [2.05, 4.69) is 10.4 Å². The summed E-state index contributed by atoms with van der Waals surface area (Å²) in [6, 6.07) is 3.40. The molecule has 7 nitrogen and oxygen atoms in total. The van der Waals surface area contributed by atoms with Crippen molar-refractivity contribution in [1.82, 2.24) is 15.1 Å². The van der Waals surface area contributed by atoms with Crippen LogP contribution in [-0.2, 0) is 11.2 Å².